The molecule has 0 aromatic heterocycles. The molecule has 0 fully saturated rings. The van der Waals surface area contributed by atoms with E-state index in [9.17, 15) is 0 Å². The molecule has 0 amide bonds. The van der Waals surface area contributed by atoms with E-state index < -0.39 is 0 Å². The van der Waals surface area contributed by atoms with Crippen molar-refractivity contribution < 1.29 is 0 Å². The molecular formula is C8H19ClN4. The molecule has 0 aromatic rings. The van der Waals surface area contributed by atoms with Crippen LogP contribution >= 0.6 is 12.4 Å². The van der Waals surface area contributed by atoms with Crippen LogP contribution in [0, 0.1) is 0 Å². The summed E-state index contributed by atoms with van der Waals surface area (Å²) in [5.74, 6) is 0. The van der Waals surface area contributed by atoms with Gasteiger partial charge >= 0.3 is 0 Å². The quantitative estimate of drug-likeness (QED) is 0.282. The fourth-order valence-electron chi connectivity index (χ4n) is 0.904. The van der Waals surface area contributed by atoms with Crippen molar-refractivity contribution in [1.82, 2.24) is 5.32 Å². The van der Waals surface area contributed by atoms with Gasteiger partial charge in [0.15, 0.2) is 0 Å². The molecule has 0 aliphatic rings. The first kappa shape index (κ1) is 15.1. The predicted molar refractivity (Wildman–Crippen MR) is 58.3 cm³/mol. The van der Waals surface area contributed by atoms with Crippen molar-refractivity contribution in [3.63, 3.8) is 0 Å². The number of rotatable bonds is 8. The first-order chi connectivity index (χ1) is 5.91. The Morgan fingerprint density at radius 3 is 2.54 bits per heavy atom. The van der Waals surface area contributed by atoms with Crippen LogP contribution in [0.15, 0.2) is 5.11 Å². The zero-order valence-corrected chi connectivity index (χ0v) is 9.02. The summed E-state index contributed by atoms with van der Waals surface area (Å²) in [6, 6.07) is 0. The van der Waals surface area contributed by atoms with Crippen molar-refractivity contribution in [2.24, 2.45) is 5.11 Å². The molecule has 0 unspecified atom stereocenters. The number of nitrogens with zero attached hydrogens (tertiary/aromatic N) is 3. The Morgan fingerprint density at radius 1 is 1.23 bits per heavy atom. The van der Waals surface area contributed by atoms with Crippen LogP contribution in [0.3, 0.4) is 0 Å². The van der Waals surface area contributed by atoms with Crippen LogP contribution in [-0.4, -0.2) is 19.6 Å². The molecule has 1 N–H and O–H groups in total. The van der Waals surface area contributed by atoms with E-state index in [4.69, 9.17) is 5.53 Å². The minimum Gasteiger partial charge on any atom is -0.317 e. The first-order valence-corrected chi connectivity index (χ1v) is 4.63. The molecule has 0 aromatic carbocycles. The summed E-state index contributed by atoms with van der Waals surface area (Å²) in [6.45, 7) is 4.97. The Morgan fingerprint density at radius 2 is 1.92 bits per heavy atom. The van der Waals surface area contributed by atoms with Gasteiger partial charge < -0.3 is 5.32 Å². The Balaban J connectivity index is 0. The maximum Gasteiger partial charge on any atom is 0.0258 e. The van der Waals surface area contributed by atoms with E-state index in [1.54, 1.807) is 0 Å². The second kappa shape index (κ2) is 14.1. The zero-order chi connectivity index (χ0) is 9.07. The van der Waals surface area contributed by atoms with Crippen LogP contribution in [-0.2, 0) is 0 Å². The lowest BCUT2D eigenvalue weighted by molar-refractivity contribution is 0.602. The predicted octanol–water partition coefficient (Wildman–Crippen LogP) is 2.89. The summed E-state index contributed by atoms with van der Waals surface area (Å²) in [4.78, 5) is 2.69. The third kappa shape index (κ3) is 14.4. The number of halogens is 1. The highest BCUT2D eigenvalue weighted by Crippen LogP contribution is 1.88. The lowest BCUT2D eigenvalue weighted by Gasteiger charge is -2.01. The first-order valence-electron chi connectivity index (χ1n) is 4.63. The van der Waals surface area contributed by atoms with Gasteiger partial charge in [0.25, 0.3) is 0 Å². The van der Waals surface area contributed by atoms with Gasteiger partial charge in [0.2, 0.25) is 0 Å². The van der Waals surface area contributed by atoms with E-state index >= 15 is 0 Å². The highest BCUT2D eigenvalue weighted by Gasteiger charge is 1.86. The highest BCUT2D eigenvalue weighted by atomic mass is 35.5. The maximum absolute atomic E-state index is 7.98. The average Bonchev–Trinajstić information content (AvgIpc) is 2.10. The average molecular weight is 207 g/mol. The van der Waals surface area contributed by atoms with Crippen LogP contribution in [0.2, 0.25) is 0 Å². The number of hydrogen-bond acceptors (Lipinski definition) is 2. The van der Waals surface area contributed by atoms with Crippen molar-refractivity contribution in [2.75, 3.05) is 19.6 Å². The maximum atomic E-state index is 7.98. The molecule has 0 saturated carbocycles. The summed E-state index contributed by atoms with van der Waals surface area (Å²) >= 11 is 0. The van der Waals surface area contributed by atoms with Crippen LogP contribution in [0.1, 0.15) is 32.6 Å². The van der Waals surface area contributed by atoms with Gasteiger partial charge in [-0.1, -0.05) is 18.5 Å². The third-order valence-corrected chi connectivity index (χ3v) is 1.63. The minimum absolute atomic E-state index is 0. The number of unbranched alkanes of at least 4 members (excludes halogenated alkanes) is 2. The molecule has 0 spiro atoms. The molecule has 0 bridgehead atoms. The smallest absolute Gasteiger partial charge is 0.0258 e. The van der Waals surface area contributed by atoms with E-state index in [0.29, 0.717) is 6.54 Å². The molecule has 78 valence electrons. The van der Waals surface area contributed by atoms with Crippen molar-refractivity contribution in [3.05, 3.63) is 10.4 Å². The summed E-state index contributed by atoms with van der Waals surface area (Å²) < 4.78 is 0. The van der Waals surface area contributed by atoms with Gasteiger partial charge in [0.1, 0.15) is 0 Å². The summed E-state index contributed by atoms with van der Waals surface area (Å²) in [5, 5.41) is 6.79. The van der Waals surface area contributed by atoms with Crippen molar-refractivity contribution in [1.29, 1.82) is 0 Å². The van der Waals surface area contributed by atoms with E-state index in [-0.39, 0.29) is 12.4 Å². The van der Waals surface area contributed by atoms with Gasteiger partial charge in [-0.25, -0.2) is 0 Å². The second-order valence-electron chi connectivity index (χ2n) is 2.77. The van der Waals surface area contributed by atoms with E-state index in [0.717, 1.165) is 25.9 Å². The van der Waals surface area contributed by atoms with Gasteiger partial charge in [0, 0.05) is 11.5 Å². The molecule has 0 radical (unpaired) electrons. The van der Waals surface area contributed by atoms with Crippen LogP contribution in [0.25, 0.3) is 10.4 Å². The van der Waals surface area contributed by atoms with Crippen molar-refractivity contribution >= 4 is 12.4 Å². The summed E-state index contributed by atoms with van der Waals surface area (Å²) in [5.41, 5.74) is 7.98. The largest absolute Gasteiger partial charge is 0.317 e. The second-order valence-corrected chi connectivity index (χ2v) is 2.77. The van der Waals surface area contributed by atoms with Gasteiger partial charge in [-0.15, -0.1) is 12.4 Å². The number of hydrogen-bond donors (Lipinski definition) is 1. The lowest BCUT2D eigenvalue weighted by atomic mass is 10.3. The van der Waals surface area contributed by atoms with E-state index in [2.05, 4.69) is 22.3 Å². The van der Waals surface area contributed by atoms with Crippen LogP contribution in [0.5, 0.6) is 0 Å². The molecule has 0 aliphatic carbocycles. The topological polar surface area (TPSA) is 60.8 Å². The Kier molecular flexibility index (Phi) is 16.3. The fraction of sp³-hybridized carbons (Fsp3) is 1.00. The highest BCUT2D eigenvalue weighted by molar-refractivity contribution is 5.85. The molecule has 13 heavy (non-hydrogen) atoms. The van der Waals surface area contributed by atoms with Crippen LogP contribution < -0.4 is 5.32 Å². The molecule has 0 aliphatic heterocycles. The standard InChI is InChI=1S/C8H18N4.ClH/c1-2-3-6-10-7-4-5-8-11-12-9;/h10H,2-8H2,1H3;1H. The van der Waals surface area contributed by atoms with Crippen molar-refractivity contribution in [2.45, 2.75) is 32.6 Å². The summed E-state index contributed by atoms with van der Waals surface area (Å²) in [6.07, 6.45) is 4.58. The molecule has 4 nitrogen and oxygen atoms in total. The van der Waals surface area contributed by atoms with E-state index in [1.807, 2.05) is 0 Å². The molecule has 0 atom stereocenters. The zero-order valence-electron chi connectivity index (χ0n) is 8.20. The SMILES string of the molecule is CCCCNCCCCN=[N+]=[N-].Cl. The Bertz CT molecular complexity index is 134. The summed E-state index contributed by atoms with van der Waals surface area (Å²) in [7, 11) is 0. The van der Waals surface area contributed by atoms with Gasteiger partial charge in [-0.05, 0) is 37.9 Å². The van der Waals surface area contributed by atoms with Crippen LogP contribution in [0.4, 0.5) is 0 Å². The number of nitrogens with one attached hydrogen (secondary N) is 1. The minimum atomic E-state index is 0. The van der Waals surface area contributed by atoms with Gasteiger partial charge in [0.05, 0.1) is 0 Å². The van der Waals surface area contributed by atoms with Crippen molar-refractivity contribution in [3.8, 4) is 0 Å². The number of azide groups is 1. The molecular weight excluding hydrogens is 188 g/mol. The lowest BCUT2D eigenvalue weighted by Crippen LogP contribution is -2.16. The van der Waals surface area contributed by atoms with Gasteiger partial charge in [-0.3, -0.25) is 0 Å². The molecule has 0 heterocycles. The monoisotopic (exact) mass is 206 g/mol. The van der Waals surface area contributed by atoms with Gasteiger partial charge in [-0.2, -0.15) is 0 Å². The molecule has 0 rings (SSSR count). The third-order valence-electron chi connectivity index (χ3n) is 1.63. The Labute approximate surface area is 86.1 Å². The fourth-order valence-corrected chi connectivity index (χ4v) is 0.904. The molecule has 0 saturated heterocycles. The van der Waals surface area contributed by atoms with E-state index in [1.165, 1.54) is 12.8 Å². The normalized spacial score (nSPS) is 8.69. The Hall–Kier alpha value is -0.440. The molecule has 5 heteroatoms.